The van der Waals surface area contributed by atoms with E-state index in [0.29, 0.717) is 0 Å². The summed E-state index contributed by atoms with van der Waals surface area (Å²) in [6.45, 7) is 10.0. The van der Waals surface area contributed by atoms with E-state index in [9.17, 15) is 0 Å². The van der Waals surface area contributed by atoms with Crippen molar-refractivity contribution in [3.8, 4) is 0 Å². The minimum absolute atomic E-state index is 0.936. The number of hydrogen-bond donors (Lipinski definition) is 2. The fourth-order valence-corrected chi connectivity index (χ4v) is 1.48. The quantitative estimate of drug-likeness (QED) is 0.655. The summed E-state index contributed by atoms with van der Waals surface area (Å²) in [6.07, 6.45) is 3.06. The zero-order chi connectivity index (χ0) is 11.6. The smallest absolute Gasteiger partial charge is 0.0206 e. The van der Waals surface area contributed by atoms with Crippen molar-refractivity contribution < 1.29 is 0 Å². The van der Waals surface area contributed by atoms with E-state index in [0.717, 1.165) is 26.2 Å². The van der Waals surface area contributed by atoms with Crippen LogP contribution >= 0.6 is 0 Å². The highest BCUT2D eigenvalue weighted by molar-refractivity contribution is 5.47. The van der Waals surface area contributed by atoms with Gasteiger partial charge in [0.05, 0.1) is 0 Å². The lowest BCUT2D eigenvalue weighted by Gasteiger charge is -2.06. The fraction of sp³-hybridized carbons (Fsp3) is 0.429. The average molecular weight is 218 g/mol. The molecule has 0 saturated heterocycles. The van der Waals surface area contributed by atoms with Gasteiger partial charge in [0.15, 0.2) is 0 Å². The zero-order valence-corrected chi connectivity index (χ0v) is 10.1. The van der Waals surface area contributed by atoms with Crippen molar-refractivity contribution >= 4 is 6.08 Å². The molecule has 0 atom stereocenters. The van der Waals surface area contributed by atoms with Crippen LogP contribution in [0.2, 0.25) is 0 Å². The molecule has 1 aromatic rings. The summed E-state index contributed by atoms with van der Waals surface area (Å²) in [5.74, 6) is 0. The van der Waals surface area contributed by atoms with E-state index in [1.54, 1.807) is 0 Å². The predicted octanol–water partition coefficient (Wildman–Crippen LogP) is 2.42. The van der Waals surface area contributed by atoms with Gasteiger partial charge in [0.1, 0.15) is 0 Å². The number of benzene rings is 1. The molecule has 2 nitrogen and oxygen atoms in total. The summed E-state index contributed by atoms with van der Waals surface area (Å²) in [4.78, 5) is 0. The molecule has 0 spiro atoms. The van der Waals surface area contributed by atoms with Crippen LogP contribution in [0.5, 0.6) is 0 Å². The summed E-state index contributed by atoms with van der Waals surface area (Å²) in [5, 5.41) is 6.77. The maximum atomic E-state index is 3.74. The van der Waals surface area contributed by atoms with Crippen LogP contribution < -0.4 is 10.6 Å². The largest absolute Gasteiger partial charge is 0.315 e. The van der Waals surface area contributed by atoms with Gasteiger partial charge in [-0.3, -0.25) is 0 Å². The van der Waals surface area contributed by atoms with Crippen LogP contribution in [0.3, 0.4) is 0 Å². The SMILES string of the molecule is C=Cc1ccc(CNCCNCCC)cc1. The number of rotatable bonds is 8. The number of nitrogens with one attached hydrogen (secondary N) is 2. The molecule has 0 aliphatic carbocycles. The molecule has 88 valence electrons. The molecule has 0 saturated carbocycles. The second kappa shape index (κ2) is 8.08. The molecule has 0 aromatic heterocycles. The summed E-state index contributed by atoms with van der Waals surface area (Å²) < 4.78 is 0. The Morgan fingerprint density at radius 2 is 1.75 bits per heavy atom. The summed E-state index contributed by atoms with van der Waals surface area (Å²) >= 11 is 0. The molecule has 0 unspecified atom stereocenters. The molecule has 0 aliphatic rings. The van der Waals surface area contributed by atoms with Crippen LogP contribution in [0.4, 0.5) is 0 Å². The second-order valence-electron chi connectivity index (χ2n) is 3.87. The lowest BCUT2D eigenvalue weighted by atomic mass is 10.1. The molecular weight excluding hydrogens is 196 g/mol. The normalized spacial score (nSPS) is 10.3. The Kier molecular flexibility index (Phi) is 6.54. The zero-order valence-electron chi connectivity index (χ0n) is 10.1. The lowest BCUT2D eigenvalue weighted by Crippen LogP contribution is -2.27. The first kappa shape index (κ1) is 12.9. The van der Waals surface area contributed by atoms with E-state index >= 15 is 0 Å². The molecule has 0 heterocycles. The Bertz CT molecular complexity index is 290. The lowest BCUT2D eigenvalue weighted by molar-refractivity contribution is 0.607. The molecule has 0 aliphatic heterocycles. The highest BCUT2D eigenvalue weighted by atomic mass is 14.9. The van der Waals surface area contributed by atoms with Crippen molar-refractivity contribution in [2.24, 2.45) is 0 Å². The monoisotopic (exact) mass is 218 g/mol. The van der Waals surface area contributed by atoms with Crippen molar-refractivity contribution in [1.29, 1.82) is 0 Å². The molecular formula is C14H22N2. The van der Waals surface area contributed by atoms with E-state index < -0.39 is 0 Å². The standard InChI is InChI=1S/C14H22N2/c1-3-9-15-10-11-16-12-14-7-5-13(4-2)6-8-14/h4-8,15-16H,2-3,9-12H2,1H3. The molecule has 0 amide bonds. The van der Waals surface area contributed by atoms with Crippen LogP contribution in [0, 0.1) is 0 Å². The van der Waals surface area contributed by atoms with Crippen molar-refractivity contribution in [3.05, 3.63) is 42.0 Å². The van der Waals surface area contributed by atoms with Crippen molar-refractivity contribution in [3.63, 3.8) is 0 Å². The minimum atomic E-state index is 0.936. The number of hydrogen-bond acceptors (Lipinski definition) is 2. The highest BCUT2D eigenvalue weighted by Crippen LogP contribution is 2.04. The Balaban J connectivity index is 2.14. The summed E-state index contributed by atoms with van der Waals surface area (Å²) in [6, 6.07) is 8.48. The molecule has 0 fully saturated rings. The maximum Gasteiger partial charge on any atom is 0.0206 e. The van der Waals surface area contributed by atoms with E-state index in [-0.39, 0.29) is 0 Å². The molecule has 0 radical (unpaired) electrons. The van der Waals surface area contributed by atoms with Crippen LogP contribution in [0.15, 0.2) is 30.8 Å². The van der Waals surface area contributed by atoms with E-state index in [4.69, 9.17) is 0 Å². The molecule has 1 rings (SSSR count). The predicted molar refractivity (Wildman–Crippen MR) is 71.4 cm³/mol. The van der Waals surface area contributed by atoms with Crippen LogP contribution in [0.1, 0.15) is 24.5 Å². The molecule has 1 aromatic carbocycles. The van der Waals surface area contributed by atoms with E-state index in [1.807, 2.05) is 6.08 Å². The van der Waals surface area contributed by atoms with Gasteiger partial charge in [-0.1, -0.05) is 43.8 Å². The van der Waals surface area contributed by atoms with Crippen LogP contribution in [0.25, 0.3) is 6.08 Å². The Hall–Kier alpha value is -1.12. The Labute approximate surface area is 98.8 Å². The molecule has 16 heavy (non-hydrogen) atoms. The van der Waals surface area contributed by atoms with E-state index in [1.165, 1.54) is 17.5 Å². The first-order chi connectivity index (χ1) is 7.86. The van der Waals surface area contributed by atoms with Gasteiger partial charge < -0.3 is 10.6 Å². The topological polar surface area (TPSA) is 24.1 Å². The summed E-state index contributed by atoms with van der Waals surface area (Å²) in [5.41, 5.74) is 2.49. The van der Waals surface area contributed by atoms with Crippen LogP contribution in [-0.4, -0.2) is 19.6 Å². The highest BCUT2D eigenvalue weighted by Gasteiger charge is 1.92. The Morgan fingerprint density at radius 3 is 2.38 bits per heavy atom. The second-order valence-corrected chi connectivity index (χ2v) is 3.87. The molecule has 2 heteroatoms. The third-order valence-electron chi connectivity index (χ3n) is 2.45. The first-order valence-electron chi connectivity index (χ1n) is 5.99. The first-order valence-corrected chi connectivity index (χ1v) is 5.99. The van der Waals surface area contributed by atoms with E-state index in [2.05, 4.69) is 48.4 Å². The van der Waals surface area contributed by atoms with Gasteiger partial charge in [0.25, 0.3) is 0 Å². The third-order valence-corrected chi connectivity index (χ3v) is 2.45. The minimum Gasteiger partial charge on any atom is -0.315 e. The third kappa shape index (κ3) is 5.10. The maximum absolute atomic E-state index is 3.74. The van der Waals surface area contributed by atoms with Gasteiger partial charge in [-0.25, -0.2) is 0 Å². The van der Waals surface area contributed by atoms with Crippen molar-refractivity contribution in [2.45, 2.75) is 19.9 Å². The molecule has 0 bridgehead atoms. The van der Waals surface area contributed by atoms with Crippen LogP contribution in [-0.2, 0) is 6.54 Å². The van der Waals surface area contributed by atoms with Gasteiger partial charge in [0, 0.05) is 19.6 Å². The fourth-order valence-electron chi connectivity index (χ4n) is 1.48. The van der Waals surface area contributed by atoms with Gasteiger partial charge in [-0.05, 0) is 24.1 Å². The van der Waals surface area contributed by atoms with Gasteiger partial charge in [-0.2, -0.15) is 0 Å². The van der Waals surface area contributed by atoms with Crippen molar-refractivity contribution in [2.75, 3.05) is 19.6 Å². The van der Waals surface area contributed by atoms with Gasteiger partial charge in [-0.15, -0.1) is 0 Å². The summed E-state index contributed by atoms with van der Waals surface area (Å²) in [7, 11) is 0. The van der Waals surface area contributed by atoms with Gasteiger partial charge in [0.2, 0.25) is 0 Å². The average Bonchev–Trinajstić information content (AvgIpc) is 2.34. The van der Waals surface area contributed by atoms with Gasteiger partial charge >= 0.3 is 0 Å². The Morgan fingerprint density at radius 1 is 1.06 bits per heavy atom. The molecule has 2 N–H and O–H groups in total. The van der Waals surface area contributed by atoms with Crippen molar-refractivity contribution in [1.82, 2.24) is 10.6 Å².